The van der Waals surface area contributed by atoms with E-state index in [-0.39, 0.29) is 11.7 Å². The van der Waals surface area contributed by atoms with Crippen molar-refractivity contribution in [2.45, 2.75) is 19.8 Å². The van der Waals surface area contributed by atoms with Crippen LogP contribution in [-0.4, -0.2) is 78.6 Å². The van der Waals surface area contributed by atoms with E-state index in [9.17, 15) is 9.90 Å². The number of piperazine rings is 1. The molecule has 2 aliphatic rings. The Labute approximate surface area is 144 Å². The number of carbonyl (C=O) groups is 1. The van der Waals surface area contributed by atoms with Crippen molar-refractivity contribution in [2.24, 2.45) is 5.92 Å². The number of hydrogen-bond donors (Lipinski definition) is 1. The van der Waals surface area contributed by atoms with Crippen LogP contribution >= 0.6 is 0 Å². The van der Waals surface area contributed by atoms with Crippen molar-refractivity contribution >= 4 is 5.91 Å². The lowest BCUT2D eigenvalue weighted by Gasteiger charge is -2.38. The Morgan fingerprint density at radius 2 is 1.96 bits per heavy atom. The molecule has 1 atom stereocenters. The Balaban J connectivity index is 1.58. The monoisotopic (exact) mass is 331 g/mol. The minimum Gasteiger partial charge on any atom is -0.508 e. The van der Waals surface area contributed by atoms with Crippen LogP contribution in [0.2, 0.25) is 0 Å². The largest absolute Gasteiger partial charge is 0.508 e. The summed E-state index contributed by atoms with van der Waals surface area (Å²) < 4.78 is 0. The molecule has 3 rings (SSSR count). The number of aromatic hydroxyl groups is 1. The molecule has 5 nitrogen and oxygen atoms in total. The molecule has 24 heavy (non-hydrogen) atoms. The van der Waals surface area contributed by atoms with Gasteiger partial charge in [0.1, 0.15) is 5.75 Å². The van der Waals surface area contributed by atoms with Gasteiger partial charge in [-0.15, -0.1) is 0 Å². The maximum Gasteiger partial charge on any atom is 0.253 e. The molecule has 2 fully saturated rings. The highest BCUT2D eigenvalue weighted by Crippen LogP contribution is 2.23. The lowest BCUT2D eigenvalue weighted by Crippen LogP contribution is -2.49. The van der Waals surface area contributed by atoms with E-state index in [1.54, 1.807) is 6.07 Å². The molecule has 1 aromatic carbocycles. The number of phenols is 1. The Morgan fingerprint density at radius 1 is 1.21 bits per heavy atom. The molecule has 0 radical (unpaired) electrons. The molecule has 1 N–H and O–H groups in total. The summed E-state index contributed by atoms with van der Waals surface area (Å²) in [4.78, 5) is 19.6. The number of likely N-dealkylation sites (N-methyl/N-ethyl adjacent to an activating group) is 1. The first kappa shape index (κ1) is 17.2. The molecule has 0 saturated carbocycles. The Bertz CT molecular complexity index is 582. The zero-order chi connectivity index (χ0) is 17.1. The first-order valence-electron chi connectivity index (χ1n) is 9.02. The van der Waals surface area contributed by atoms with E-state index < -0.39 is 0 Å². The highest BCUT2D eigenvalue weighted by Gasteiger charge is 2.27. The predicted octanol–water partition coefficient (Wildman–Crippen LogP) is 1.80. The highest BCUT2D eigenvalue weighted by atomic mass is 16.3. The second-order valence-electron chi connectivity index (χ2n) is 7.36. The highest BCUT2D eigenvalue weighted by molar-refractivity contribution is 5.94. The fourth-order valence-electron chi connectivity index (χ4n) is 3.72. The lowest BCUT2D eigenvalue weighted by molar-refractivity contribution is 0.0609. The zero-order valence-electron chi connectivity index (χ0n) is 14.9. The topological polar surface area (TPSA) is 47.0 Å². The standard InChI is InChI=1S/C19H29N3O2/c1-15-5-6-17(12-18(15)23)19(24)22-7-3-4-16(14-22)13-21-10-8-20(2)9-11-21/h5-6,12,16,23H,3-4,7-11,13-14H2,1-2H3/t16-/m0/s1. The number of carbonyl (C=O) groups excluding carboxylic acids is 1. The Kier molecular flexibility index (Phi) is 5.41. The van der Waals surface area contributed by atoms with Crippen LogP contribution in [0.1, 0.15) is 28.8 Å². The average Bonchev–Trinajstić information content (AvgIpc) is 2.59. The summed E-state index contributed by atoms with van der Waals surface area (Å²) in [5.74, 6) is 0.811. The van der Waals surface area contributed by atoms with Crippen molar-refractivity contribution in [2.75, 3.05) is 52.9 Å². The maximum atomic E-state index is 12.7. The number of piperidine rings is 1. The van der Waals surface area contributed by atoms with Crippen molar-refractivity contribution in [3.63, 3.8) is 0 Å². The zero-order valence-corrected chi connectivity index (χ0v) is 14.9. The van der Waals surface area contributed by atoms with E-state index >= 15 is 0 Å². The molecule has 1 aromatic rings. The number of amides is 1. The minimum atomic E-state index is 0.0494. The molecule has 0 aromatic heterocycles. The van der Waals surface area contributed by atoms with E-state index in [4.69, 9.17) is 0 Å². The molecule has 5 heteroatoms. The van der Waals surface area contributed by atoms with Crippen LogP contribution in [0.3, 0.4) is 0 Å². The third-order valence-electron chi connectivity index (χ3n) is 5.37. The van der Waals surface area contributed by atoms with Crippen LogP contribution in [-0.2, 0) is 0 Å². The van der Waals surface area contributed by atoms with Crippen LogP contribution in [0.5, 0.6) is 5.75 Å². The number of hydrogen-bond acceptors (Lipinski definition) is 4. The number of rotatable bonds is 3. The predicted molar refractivity (Wildman–Crippen MR) is 95.4 cm³/mol. The van der Waals surface area contributed by atoms with Gasteiger partial charge in [0.2, 0.25) is 0 Å². The van der Waals surface area contributed by atoms with Gasteiger partial charge in [0.25, 0.3) is 5.91 Å². The number of nitrogens with zero attached hydrogens (tertiary/aromatic N) is 3. The third-order valence-corrected chi connectivity index (χ3v) is 5.37. The third kappa shape index (κ3) is 4.08. The number of aryl methyl sites for hydroxylation is 1. The van der Waals surface area contributed by atoms with Crippen LogP contribution in [0.4, 0.5) is 0 Å². The minimum absolute atomic E-state index is 0.0494. The number of benzene rings is 1. The summed E-state index contributed by atoms with van der Waals surface area (Å²) in [7, 11) is 2.18. The van der Waals surface area contributed by atoms with Gasteiger partial charge in [-0.05, 0) is 50.4 Å². The SMILES string of the molecule is Cc1ccc(C(=O)N2CCC[C@@H](CN3CCN(C)CC3)C2)cc1O. The maximum absolute atomic E-state index is 12.7. The smallest absolute Gasteiger partial charge is 0.253 e. The molecule has 2 saturated heterocycles. The van der Waals surface area contributed by atoms with Crippen LogP contribution in [0, 0.1) is 12.8 Å². The van der Waals surface area contributed by atoms with Crippen molar-refractivity contribution in [3.05, 3.63) is 29.3 Å². The average molecular weight is 331 g/mol. The number of likely N-dealkylation sites (tertiary alicyclic amines) is 1. The fraction of sp³-hybridized carbons (Fsp3) is 0.632. The summed E-state index contributed by atoms with van der Waals surface area (Å²) >= 11 is 0. The van der Waals surface area contributed by atoms with Gasteiger partial charge >= 0.3 is 0 Å². The first-order valence-corrected chi connectivity index (χ1v) is 9.02. The molecular formula is C19H29N3O2. The molecule has 0 spiro atoms. The molecule has 0 aliphatic carbocycles. The van der Waals surface area contributed by atoms with Crippen molar-refractivity contribution in [1.82, 2.24) is 14.7 Å². The normalized spacial score (nSPS) is 23.4. The summed E-state index contributed by atoms with van der Waals surface area (Å²) in [5.41, 5.74) is 1.40. The van der Waals surface area contributed by atoms with Gasteiger partial charge in [0, 0.05) is 51.4 Å². The molecule has 1 amide bonds. The van der Waals surface area contributed by atoms with Crippen LogP contribution in [0.25, 0.3) is 0 Å². The van der Waals surface area contributed by atoms with Gasteiger partial charge in [0.05, 0.1) is 0 Å². The molecular weight excluding hydrogens is 302 g/mol. The van der Waals surface area contributed by atoms with E-state index in [1.807, 2.05) is 24.0 Å². The van der Waals surface area contributed by atoms with Crippen LogP contribution < -0.4 is 0 Å². The van der Waals surface area contributed by atoms with E-state index in [0.29, 0.717) is 11.5 Å². The molecule has 132 valence electrons. The van der Waals surface area contributed by atoms with E-state index in [1.165, 1.54) is 6.42 Å². The Hall–Kier alpha value is -1.59. The molecule has 2 heterocycles. The van der Waals surface area contributed by atoms with Crippen LogP contribution in [0.15, 0.2) is 18.2 Å². The van der Waals surface area contributed by atoms with Gasteiger partial charge in [-0.1, -0.05) is 6.07 Å². The summed E-state index contributed by atoms with van der Waals surface area (Å²) in [5, 5.41) is 9.86. The van der Waals surface area contributed by atoms with Crippen molar-refractivity contribution in [1.29, 1.82) is 0 Å². The lowest BCUT2D eigenvalue weighted by atomic mass is 9.96. The second-order valence-corrected chi connectivity index (χ2v) is 7.36. The molecule has 0 unspecified atom stereocenters. The van der Waals surface area contributed by atoms with Gasteiger partial charge in [-0.25, -0.2) is 0 Å². The Morgan fingerprint density at radius 3 is 2.67 bits per heavy atom. The summed E-state index contributed by atoms with van der Waals surface area (Å²) in [6.45, 7) is 9.13. The van der Waals surface area contributed by atoms with Gasteiger partial charge in [-0.3, -0.25) is 4.79 Å². The van der Waals surface area contributed by atoms with Gasteiger partial charge in [0.15, 0.2) is 0 Å². The van der Waals surface area contributed by atoms with Gasteiger partial charge in [-0.2, -0.15) is 0 Å². The summed E-state index contributed by atoms with van der Waals surface area (Å²) in [6, 6.07) is 5.23. The van der Waals surface area contributed by atoms with E-state index in [2.05, 4.69) is 16.8 Å². The quantitative estimate of drug-likeness (QED) is 0.917. The van der Waals surface area contributed by atoms with Gasteiger partial charge < -0.3 is 19.8 Å². The first-order chi connectivity index (χ1) is 11.5. The van der Waals surface area contributed by atoms with E-state index in [0.717, 1.165) is 57.8 Å². The number of phenolic OH excluding ortho intramolecular Hbond substituents is 1. The molecule has 0 bridgehead atoms. The molecule has 2 aliphatic heterocycles. The van der Waals surface area contributed by atoms with Crippen molar-refractivity contribution < 1.29 is 9.90 Å². The van der Waals surface area contributed by atoms with Crippen molar-refractivity contribution in [3.8, 4) is 5.75 Å². The second kappa shape index (κ2) is 7.53. The fourth-order valence-corrected chi connectivity index (χ4v) is 3.72. The summed E-state index contributed by atoms with van der Waals surface area (Å²) in [6.07, 6.45) is 2.28.